The van der Waals surface area contributed by atoms with E-state index >= 15 is 0 Å². The molecular formula is C16H25ClN2O3. The summed E-state index contributed by atoms with van der Waals surface area (Å²) in [4.78, 5) is 14.1. The van der Waals surface area contributed by atoms with Crippen molar-refractivity contribution in [3.8, 4) is 0 Å². The Balaban J connectivity index is 0.00000242. The fraction of sp³-hybridized carbons (Fsp3) is 0.562. The van der Waals surface area contributed by atoms with Crippen molar-refractivity contribution in [2.45, 2.75) is 19.1 Å². The van der Waals surface area contributed by atoms with Crippen molar-refractivity contribution < 1.29 is 14.3 Å². The third kappa shape index (κ3) is 5.57. The summed E-state index contributed by atoms with van der Waals surface area (Å²) in [6.07, 6.45) is 0.00440. The molecule has 0 spiro atoms. The van der Waals surface area contributed by atoms with Crippen LogP contribution in [0.3, 0.4) is 0 Å². The van der Waals surface area contributed by atoms with Crippen LogP contribution in [0.1, 0.15) is 18.6 Å². The maximum absolute atomic E-state index is 12.3. The minimum atomic E-state index is -0.0436. The lowest BCUT2D eigenvalue weighted by Crippen LogP contribution is -2.48. The topological polar surface area (TPSA) is 50.8 Å². The summed E-state index contributed by atoms with van der Waals surface area (Å²) in [5.74, 6) is 0.113. The number of rotatable bonds is 6. The maximum atomic E-state index is 12.3. The number of nitrogens with one attached hydrogen (secondary N) is 1. The molecule has 2 unspecified atom stereocenters. The number of carbonyl (C=O) groups is 1. The van der Waals surface area contributed by atoms with Gasteiger partial charge in [-0.2, -0.15) is 0 Å². The summed E-state index contributed by atoms with van der Waals surface area (Å²) in [6, 6.07) is 10.1. The molecule has 124 valence electrons. The molecule has 5 nitrogen and oxygen atoms in total. The number of benzene rings is 1. The highest BCUT2D eigenvalue weighted by molar-refractivity contribution is 5.85. The number of hydrogen-bond donors (Lipinski definition) is 1. The summed E-state index contributed by atoms with van der Waals surface area (Å²) in [6.45, 7) is 4.91. The standard InChI is InChI=1S/C16H24N2O3.ClH/c1-13-11-18(16(19)10-17-8-9-20-2)12-15(21-13)14-6-4-3-5-7-14;/h3-7,13,15,17H,8-12H2,1-2H3;1H. The van der Waals surface area contributed by atoms with Gasteiger partial charge in [0.15, 0.2) is 0 Å². The van der Waals surface area contributed by atoms with E-state index in [0.29, 0.717) is 32.8 Å². The molecule has 6 heteroatoms. The highest BCUT2D eigenvalue weighted by atomic mass is 35.5. The molecule has 1 aromatic rings. The fourth-order valence-electron chi connectivity index (χ4n) is 2.49. The lowest BCUT2D eigenvalue weighted by atomic mass is 10.1. The molecule has 0 bridgehead atoms. The van der Waals surface area contributed by atoms with Gasteiger partial charge in [0.05, 0.1) is 25.8 Å². The van der Waals surface area contributed by atoms with Crippen molar-refractivity contribution in [3.63, 3.8) is 0 Å². The molecule has 1 fully saturated rings. The lowest BCUT2D eigenvalue weighted by Gasteiger charge is -2.37. The lowest BCUT2D eigenvalue weighted by molar-refractivity contribution is -0.144. The third-order valence-electron chi connectivity index (χ3n) is 3.54. The van der Waals surface area contributed by atoms with E-state index in [2.05, 4.69) is 5.32 Å². The zero-order valence-electron chi connectivity index (χ0n) is 13.2. The van der Waals surface area contributed by atoms with Crippen molar-refractivity contribution in [1.29, 1.82) is 0 Å². The van der Waals surface area contributed by atoms with E-state index in [1.165, 1.54) is 0 Å². The van der Waals surface area contributed by atoms with Crippen LogP contribution in [0.4, 0.5) is 0 Å². The quantitative estimate of drug-likeness (QED) is 0.807. The molecule has 1 aliphatic rings. The Kier molecular flexibility index (Phi) is 8.42. The van der Waals surface area contributed by atoms with Crippen molar-refractivity contribution in [1.82, 2.24) is 10.2 Å². The van der Waals surface area contributed by atoms with Gasteiger partial charge >= 0.3 is 0 Å². The number of carbonyl (C=O) groups excluding carboxylic acids is 1. The first kappa shape index (κ1) is 18.9. The van der Waals surface area contributed by atoms with E-state index < -0.39 is 0 Å². The predicted octanol–water partition coefficient (Wildman–Crippen LogP) is 1.63. The smallest absolute Gasteiger partial charge is 0.236 e. The van der Waals surface area contributed by atoms with Crippen LogP contribution in [0.25, 0.3) is 0 Å². The van der Waals surface area contributed by atoms with Gasteiger partial charge in [0.2, 0.25) is 5.91 Å². The average Bonchev–Trinajstić information content (AvgIpc) is 2.51. The number of morpholine rings is 1. The monoisotopic (exact) mass is 328 g/mol. The molecule has 0 saturated carbocycles. The van der Waals surface area contributed by atoms with Gasteiger partial charge in [-0.25, -0.2) is 0 Å². The van der Waals surface area contributed by atoms with Crippen LogP contribution in [0.5, 0.6) is 0 Å². The molecule has 22 heavy (non-hydrogen) atoms. The molecule has 1 N–H and O–H groups in total. The molecule has 1 amide bonds. The minimum absolute atomic E-state index is 0. The Morgan fingerprint density at radius 3 is 2.77 bits per heavy atom. The fourth-order valence-corrected chi connectivity index (χ4v) is 2.49. The largest absolute Gasteiger partial charge is 0.383 e. The number of amides is 1. The second kappa shape index (κ2) is 9.79. The number of nitrogens with zero attached hydrogens (tertiary/aromatic N) is 1. The minimum Gasteiger partial charge on any atom is -0.383 e. The van der Waals surface area contributed by atoms with E-state index in [-0.39, 0.29) is 30.5 Å². The Morgan fingerprint density at radius 2 is 2.09 bits per heavy atom. The highest BCUT2D eigenvalue weighted by Crippen LogP contribution is 2.24. The SMILES string of the molecule is COCCNCC(=O)N1CC(C)OC(c2ccccc2)C1.Cl. The van der Waals surface area contributed by atoms with Crippen molar-refractivity contribution in [2.75, 3.05) is 39.9 Å². The molecule has 1 heterocycles. The third-order valence-corrected chi connectivity index (χ3v) is 3.54. The first-order valence-corrected chi connectivity index (χ1v) is 7.38. The number of hydrogen-bond acceptors (Lipinski definition) is 4. The summed E-state index contributed by atoms with van der Waals surface area (Å²) in [7, 11) is 1.65. The van der Waals surface area contributed by atoms with Gasteiger partial charge in [-0.15, -0.1) is 12.4 Å². The number of halogens is 1. The van der Waals surface area contributed by atoms with Gasteiger partial charge in [-0.05, 0) is 12.5 Å². The van der Waals surface area contributed by atoms with Crippen LogP contribution in [0, 0.1) is 0 Å². The van der Waals surface area contributed by atoms with E-state index in [0.717, 1.165) is 5.56 Å². The second-order valence-corrected chi connectivity index (χ2v) is 5.31. The van der Waals surface area contributed by atoms with Crippen LogP contribution < -0.4 is 5.32 Å². The van der Waals surface area contributed by atoms with E-state index in [1.807, 2.05) is 42.2 Å². The molecule has 1 aliphatic heterocycles. The Bertz CT molecular complexity index is 444. The molecule has 0 aromatic heterocycles. The van der Waals surface area contributed by atoms with Crippen LogP contribution in [0.15, 0.2) is 30.3 Å². The van der Waals surface area contributed by atoms with Crippen molar-refractivity contribution in [2.24, 2.45) is 0 Å². The average molecular weight is 329 g/mol. The van der Waals surface area contributed by atoms with Gasteiger partial charge in [0.1, 0.15) is 6.10 Å². The van der Waals surface area contributed by atoms with E-state index in [1.54, 1.807) is 7.11 Å². The molecule has 0 radical (unpaired) electrons. The Hall–Kier alpha value is -1.14. The van der Waals surface area contributed by atoms with Gasteiger partial charge in [-0.1, -0.05) is 30.3 Å². The summed E-state index contributed by atoms with van der Waals surface area (Å²) >= 11 is 0. The van der Waals surface area contributed by atoms with Crippen molar-refractivity contribution >= 4 is 18.3 Å². The van der Waals surface area contributed by atoms with Gasteiger partial charge in [-0.3, -0.25) is 4.79 Å². The Labute approximate surface area is 138 Å². The van der Waals surface area contributed by atoms with E-state index in [9.17, 15) is 4.79 Å². The zero-order chi connectivity index (χ0) is 15.1. The van der Waals surface area contributed by atoms with Crippen molar-refractivity contribution in [3.05, 3.63) is 35.9 Å². The van der Waals surface area contributed by atoms with Gasteiger partial charge < -0.3 is 19.7 Å². The predicted molar refractivity (Wildman–Crippen MR) is 88.3 cm³/mol. The Morgan fingerprint density at radius 1 is 1.36 bits per heavy atom. The van der Waals surface area contributed by atoms with Crippen LogP contribution in [0.2, 0.25) is 0 Å². The molecular weight excluding hydrogens is 304 g/mol. The van der Waals surface area contributed by atoms with Crippen LogP contribution in [-0.2, 0) is 14.3 Å². The summed E-state index contributed by atoms with van der Waals surface area (Å²) in [5, 5.41) is 3.10. The van der Waals surface area contributed by atoms with Crippen LogP contribution >= 0.6 is 12.4 Å². The normalized spacial score (nSPS) is 21.3. The van der Waals surface area contributed by atoms with Crippen LogP contribution in [-0.4, -0.2) is 56.8 Å². The molecule has 2 atom stereocenters. The molecule has 0 aliphatic carbocycles. The molecule has 1 saturated heterocycles. The second-order valence-electron chi connectivity index (χ2n) is 5.31. The summed E-state index contributed by atoms with van der Waals surface area (Å²) in [5.41, 5.74) is 1.12. The van der Waals surface area contributed by atoms with Gasteiger partial charge in [0.25, 0.3) is 0 Å². The first-order valence-electron chi connectivity index (χ1n) is 7.38. The number of ether oxygens (including phenoxy) is 2. The highest BCUT2D eigenvalue weighted by Gasteiger charge is 2.28. The number of methoxy groups -OCH3 is 1. The first-order chi connectivity index (χ1) is 10.2. The molecule has 2 rings (SSSR count). The zero-order valence-corrected chi connectivity index (χ0v) is 14.0. The summed E-state index contributed by atoms with van der Waals surface area (Å²) < 4.78 is 10.9. The maximum Gasteiger partial charge on any atom is 0.236 e. The molecule has 1 aromatic carbocycles. The van der Waals surface area contributed by atoms with E-state index in [4.69, 9.17) is 9.47 Å². The van der Waals surface area contributed by atoms with Gasteiger partial charge in [0, 0.05) is 20.2 Å².